The van der Waals surface area contributed by atoms with Crippen LogP contribution in [0, 0.1) is 0 Å². The maximum absolute atomic E-state index is 5.93. The quantitative estimate of drug-likeness (QED) is 0.611. The zero-order chi connectivity index (χ0) is 16.4. The fourth-order valence-corrected chi connectivity index (χ4v) is 2.70. The van der Waals surface area contributed by atoms with Gasteiger partial charge in [-0.1, -0.05) is 30.3 Å². The topological polar surface area (TPSA) is 78.1 Å². The monoisotopic (exact) mass is 317 g/mol. The number of aromatic nitrogens is 2. The van der Waals surface area contributed by atoms with Crippen molar-refractivity contribution in [3.63, 3.8) is 0 Å². The molecule has 0 spiro atoms. The first-order valence-electron chi connectivity index (χ1n) is 7.59. The van der Waals surface area contributed by atoms with E-state index < -0.39 is 0 Å². The van der Waals surface area contributed by atoms with Crippen molar-refractivity contribution < 1.29 is 8.83 Å². The fraction of sp³-hybridized carbons (Fsp3) is 0.0526. The van der Waals surface area contributed by atoms with Gasteiger partial charge in [-0.3, -0.25) is 0 Å². The van der Waals surface area contributed by atoms with E-state index >= 15 is 0 Å². The Morgan fingerprint density at radius 2 is 1.33 bits per heavy atom. The molecule has 0 atom stereocenters. The minimum Gasteiger partial charge on any atom is -0.463 e. The molecule has 0 radical (unpaired) electrons. The normalized spacial score (nSPS) is 10.8. The molecule has 4 rings (SSSR count). The third-order valence-electron chi connectivity index (χ3n) is 3.76. The highest BCUT2D eigenvalue weighted by atomic mass is 16.3. The van der Waals surface area contributed by atoms with Crippen LogP contribution in [0.25, 0.3) is 22.9 Å². The van der Waals surface area contributed by atoms with Crippen LogP contribution >= 0.6 is 0 Å². The number of nitrogens with zero attached hydrogens (tertiary/aromatic N) is 2. The molecule has 3 aromatic heterocycles. The smallest absolute Gasteiger partial charge is 0.221 e. The Hall–Kier alpha value is -3.34. The van der Waals surface area contributed by atoms with Gasteiger partial charge in [0.2, 0.25) is 5.95 Å². The molecule has 0 amide bonds. The van der Waals surface area contributed by atoms with Gasteiger partial charge < -0.3 is 14.6 Å². The van der Waals surface area contributed by atoms with Gasteiger partial charge in [-0.15, -0.1) is 0 Å². The van der Waals surface area contributed by atoms with Crippen molar-refractivity contribution in [1.82, 2.24) is 9.97 Å². The molecule has 1 aromatic carbocycles. The fourth-order valence-electron chi connectivity index (χ4n) is 2.70. The lowest BCUT2D eigenvalue weighted by atomic mass is 9.99. The summed E-state index contributed by atoms with van der Waals surface area (Å²) in [6.07, 6.45) is 3.88. The number of anilines is 1. The van der Waals surface area contributed by atoms with Gasteiger partial charge >= 0.3 is 0 Å². The van der Waals surface area contributed by atoms with Gasteiger partial charge in [0.1, 0.15) is 11.4 Å². The molecule has 0 saturated carbocycles. The average molecular weight is 317 g/mol. The summed E-state index contributed by atoms with van der Waals surface area (Å²) in [7, 11) is 0. The molecule has 24 heavy (non-hydrogen) atoms. The maximum atomic E-state index is 5.93. The second kappa shape index (κ2) is 6.04. The van der Waals surface area contributed by atoms with Crippen molar-refractivity contribution in [2.75, 3.05) is 5.73 Å². The van der Waals surface area contributed by atoms with Crippen LogP contribution < -0.4 is 5.73 Å². The van der Waals surface area contributed by atoms with Crippen molar-refractivity contribution in [3.05, 3.63) is 78.3 Å². The largest absolute Gasteiger partial charge is 0.463 e. The minimum absolute atomic E-state index is 0.185. The molecule has 5 nitrogen and oxygen atoms in total. The highest BCUT2D eigenvalue weighted by Crippen LogP contribution is 2.32. The molecule has 2 N–H and O–H groups in total. The van der Waals surface area contributed by atoms with Crippen molar-refractivity contribution in [3.8, 4) is 22.9 Å². The van der Waals surface area contributed by atoms with Crippen molar-refractivity contribution in [1.29, 1.82) is 0 Å². The number of nitrogen functional groups attached to an aromatic ring is 1. The average Bonchev–Trinajstić information content (AvgIpc) is 3.31. The van der Waals surface area contributed by atoms with Crippen LogP contribution in [0.5, 0.6) is 0 Å². The summed E-state index contributed by atoms with van der Waals surface area (Å²) >= 11 is 0. The molecular formula is C19H15N3O2. The van der Waals surface area contributed by atoms with E-state index in [2.05, 4.69) is 22.1 Å². The number of furan rings is 2. The van der Waals surface area contributed by atoms with Gasteiger partial charge in [-0.25, -0.2) is 9.97 Å². The number of hydrogen-bond donors (Lipinski definition) is 1. The minimum atomic E-state index is 0.185. The van der Waals surface area contributed by atoms with Crippen LogP contribution in [0.4, 0.5) is 5.95 Å². The number of benzene rings is 1. The van der Waals surface area contributed by atoms with Crippen LogP contribution in [0.3, 0.4) is 0 Å². The zero-order valence-electron chi connectivity index (χ0n) is 12.8. The van der Waals surface area contributed by atoms with E-state index in [9.17, 15) is 0 Å². The SMILES string of the molecule is Nc1nc(-c2ccco2)c(Cc2ccccc2)c(-c2ccco2)n1. The van der Waals surface area contributed by atoms with Crippen LogP contribution in [0.15, 0.2) is 76.0 Å². The summed E-state index contributed by atoms with van der Waals surface area (Å²) in [5, 5.41) is 0. The molecule has 5 heteroatoms. The molecule has 0 unspecified atom stereocenters. The van der Waals surface area contributed by atoms with Gasteiger partial charge in [0.05, 0.1) is 12.5 Å². The van der Waals surface area contributed by atoms with Crippen molar-refractivity contribution >= 4 is 5.95 Å². The molecule has 118 valence electrons. The maximum Gasteiger partial charge on any atom is 0.221 e. The first-order chi connectivity index (χ1) is 11.8. The first kappa shape index (κ1) is 14.3. The van der Waals surface area contributed by atoms with Gasteiger partial charge in [0, 0.05) is 12.0 Å². The van der Waals surface area contributed by atoms with Crippen LogP contribution in [0.2, 0.25) is 0 Å². The molecule has 0 saturated heterocycles. The van der Waals surface area contributed by atoms with E-state index in [1.54, 1.807) is 12.5 Å². The predicted octanol–water partition coefficient (Wildman–Crippen LogP) is 4.17. The van der Waals surface area contributed by atoms with Gasteiger partial charge in [0.15, 0.2) is 11.5 Å². The van der Waals surface area contributed by atoms with Crippen LogP contribution in [-0.2, 0) is 6.42 Å². The van der Waals surface area contributed by atoms with E-state index in [1.807, 2.05) is 42.5 Å². The van der Waals surface area contributed by atoms with E-state index in [0.717, 1.165) is 11.1 Å². The summed E-state index contributed by atoms with van der Waals surface area (Å²) in [5.74, 6) is 1.50. The van der Waals surface area contributed by atoms with E-state index in [4.69, 9.17) is 14.6 Å². The Labute approximate surface area is 138 Å². The molecule has 0 fully saturated rings. The summed E-state index contributed by atoms with van der Waals surface area (Å²) in [5.41, 5.74) is 9.36. The Balaban J connectivity index is 1.93. The standard InChI is InChI=1S/C19H15N3O2/c20-19-21-17(15-8-4-10-23-15)14(12-13-6-2-1-3-7-13)18(22-19)16-9-5-11-24-16/h1-11H,12H2,(H2,20,21,22). The molecule has 0 aliphatic heterocycles. The Kier molecular flexibility index (Phi) is 3.59. The lowest BCUT2D eigenvalue weighted by molar-refractivity contribution is 0.575. The lowest BCUT2D eigenvalue weighted by Crippen LogP contribution is -2.05. The molecule has 0 aliphatic carbocycles. The number of hydrogen-bond acceptors (Lipinski definition) is 5. The Bertz CT molecular complexity index is 875. The third kappa shape index (κ3) is 2.67. The summed E-state index contributed by atoms with van der Waals surface area (Å²) < 4.78 is 11.1. The van der Waals surface area contributed by atoms with Crippen LogP contribution in [-0.4, -0.2) is 9.97 Å². The molecule has 0 bridgehead atoms. The van der Waals surface area contributed by atoms with E-state index in [-0.39, 0.29) is 5.95 Å². The molecule has 4 aromatic rings. The molecule has 3 heterocycles. The third-order valence-corrected chi connectivity index (χ3v) is 3.76. The highest BCUT2D eigenvalue weighted by molar-refractivity contribution is 5.71. The number of nitrogens with two attached hydrogens (primary N) is 1. The summed E-state index contributed by atoms with van der Waals surface area (Å²) in [6, 6.07) is 17.5. The zero-order valence-corrected chi connectivity index (χ0v) is 12.8. The van der Waals surface area contributed by atoms with Gasteiger partial charge in [-0.05, 0) is 29.8 Å². The first-order valence-corrected chi connectivity index (χ1v) is 7.59. The van der Waals surface area contributed by atoms with Gasteiger partial charge in [0.25, 0.3) is 0 Å². The van der Waals surface area contributed by atoms with Crippen molar-refractivity contribution in [2.45, 2.75) is 6.42 Å². The van der Waals surface area contributed by atoms with Crippen molar-refractivity contribution in [2.24, 2.45) is 0 Å². The Morgan fingerprint density at radius 3 is 1.83 bits per heavy atom. The number of rotatable bonds is 4. The van der Waals surface area contributed by atoms with E-state index in [0.29, 0.717) is 29.3 Å². The van der Waals surface area contributed by atoms with Gasteiger partial charge in [-0.2, -0.15) is 0 Å². The Morgan fingerprint density at radius 1 is 0.750 bits per heavy atom. The summed E-state index contributed by atoms with van der Waals surface area (Å²) in [4.78, 5) is 8.83. The highest BCUT2D eigenvalue weighted by Gasteiger charge is 2.20. The van der Waals surface area contributed by atoms with E-state index in [1.165, 1.54) is 0 Å². The predicted molar refractivity (Wildman–Crippen MR) is 91.1 cm³/mol. The summed E-state index contributed by atoms with van der Waals surface area (Å²) in [6.45, 7) is 0. The second-order valence-corrected chi connectivity index (χ2v) is 5.37. The second-order valence-electron chi connectivity index (χ2n) is 5.37. The molecule has 0 aliphatic rings. The molecular weight excluding hydrogens is 302 g/mol. The van der Waals surface area contributed by atoms with Crippen LogP contribution in [0.1, 0.15) is 11.1 Å². The lowest BCUT2D eigenvalue weighted by Gasteiger charge is -2.12.